The van der Waals surface area contributed by atoms with Gasteiger partial charge in [-0.1, -0.05) is 57.4 Å². The molecule has 0 unspecified atom stereocenters. The lowest BCUT2D eigenvalue weighted by Gasteiger charge is -2.21. The summed E-state index contributed by atoms with van der Waals surface area (Å²) in [7, 11) is 0. The van der Waals surface area contributed by atoms with E-state index >= 15 is 0 Å². The molecule has 1 fully saturated rings. The van der Waals surface area contributed by atoms with Crippen molar-refractivity contribution >= 4 is 47.8 Å². The smallest absolute Gasteiger partial charge is 0.224 e. The molecule has 0 atom stereocenters. The third-order valence-electron chi connectivity index (χ3n) is 5.50. The Morgan fingerprint density at radius 1 is 1.21 bits per heavy atom. The van der Waals surface area contributed by atoms with Crippen LogP contribution in [0.2, 0.25) is 0 Å². The van der Waals surface area contributed by atoms with E-state index in [0.29, 0.717) is 40.4 Å². The second kappa shape index (κ2) is 18.6. The first-order valence-electron chi connectivity index (χ1n) is 12.0. The Bertz CT molecular complexity index is 856. The molecular weight excluding hydrogens is 448 g/mol. The zero-order valence-corrected chi connectivity index (χ0v) is 21.4. The van der Waals surface area contributed by atoms with Crippen LogP contribution in [0.4, 0.5) is 11.4 Å². The van der Waals surface area contributed by atoms with E-state index in [0.717, 1.165) is 38.4 Å². The minimum absolute atomic E-state index is 0. The molecule has 6 nitrogen and oxygen atoms in total. The van der Waals surface area contributed by atoms with Crippen molar-refractivity contribution in [3.05, 3.63) is 54.1 Å². The number of anilines is 2. The van der Waals surface area contributed by atoms with Crippen molar-refractivity contribution in [2.75, 3.05) is 11.1 Å². The van der Waals surface area contributed by atoms with E-state index in [1.807, 2.05) is 38.2 Å². The molecule has 0 bridgehead atoms. The lowest BCUT2D eigenvalue weighted by molar-refractivity contribution is -0.117. The van der Waals surface area contributed by atoms with Gasteiger partial charge in [-0.3, -0.25) is 9.59 Å². The molecule has 1 aliphatic carbocycles. The molecular formula is C27H41ClN4O2. The number of benzene rings is 1. The van der Waals surface area contributed by atoms with Crippen LogP contribution in [0.1, 0.15) is 87.6 Å². The van der Waals surface area contributed by atoms with Gasteiger partial charge in [0.1, 0.15) is 0 Å². The number of unbranched alkanes of at least 4 members (excludes halogenated alkanes) is 2. The first kappa shape index (κ1) is 31.1. The van der Waals surface area contributed by atoms with Crippen molar-refractivity contribution in [2.45, 2.75) is 71.6 Å². The normalized spacial score (nSPS) is 14.2. The maximum atomic E-state index is 12.5. The fraction of sp³-hybridized carbons (Fsp3) is 0.444. The van der Waals surface area contributed by atoms with Crippen LogP contribution in [0.3, 0.4) is 0 Å². The van der Waals surface area contributed by atoms with Gasteiger partial charge in [-0.05, 0) is 50.2 Å². The molecule has 2 rings (SSSR count). The summed E-state index contributed by atoms with van der Waals surface area (Å²) in [4.78, 5) is 24.3. The third-order valence-corrected chi connectivity index (χ3v) is 5.50. The molecule has 188 valence electrons. The number of nitrogens with zero attached hydrogens (tertiary/aromatic N) is 1. The van der Waals surface area contributed by atoms with Crippen LogP contribution < -0.4 is 16.9 Å². The van der Waals surface area contributed by atoms with E-state index in [9.17, 15) is 9.59 Å². The molecule has 0 aromatic heterocycles. The topological polar surface area (TPSA) is 111 Å². The molecule has 0 saturated heterocycles. The molecule has 7 heteroatoms. The summed E-state index contributed by atoms with van der Waals surface area (Å²) in [6.07, 6.45) is 19.1. The number of halogens is 1. The van der Waals surface area contributed by atoms with Gasteiger partial charge >= 0.3 is 0 Å². The summed E-state index contributed by atoms with van der Waals surface area (Å²) >= 11 is 0. The largest absolute Gasteiger partial charge is 0.398 e. The highest BCUT2D eigenvalue weighted by molar-refractivity contribution is 6.15. The molecule has 34 heavy (non-hydrogen) atoms. The highest BCUT2D eigenvalue weighted by Crippen LogP contribution is 2.30. The number of aldehydes is 1. The Kier molecular flexibility index (Phi) is 17.0. The van der Waals surface area contributed by atoms with Gasteiger partial charge in [0.25, 0.3) is 0 Å². The maximum Gasteiger partial charge on any atom is 0.224 e. The molecule has 1 aromatic carbocycles. The molecule has 1 aliphatic rings. The van der Waals surface area contributed by atoms with E-state index in [2.05, 4.69) is 17.0 Å². The number of carbonyl (C=O) groups is 2. The van der Waals surface area contributed by atoms with Gasteiger partial charge in [-0.2, -0.15) is 5.10 Å². The van der Waals surface area contributed by atoms with Crippen LogP contribution in [0.15, 0.2) is 48.1 Å². The maximum absolute atomic E-state index is 12.5. The fourth-order valence-corrected chi connectivity index (χ4v) is 3.97. The van der Waals surface area contributed by atoms with Gasteiger partial charge in [0.2, 0.25) is 5.91 Å². The predicted molar refractivity (Wildman–Crippen MR) is 149 cm³/mol. The summed E-state index contributed by atoms with van der Waals surface area (Å²) < 4.78 is 0. The highest BCUT2D eigenvalue weighted by Gasteiger charge is 2.18. The van der Waals surface area contributed by atoms with Crippen molar-refractivity contribution in [3.63, 3.8) is 0 Å². The fourth-order valence-electron chi connectivity index (χ4n) is 3.97. The first-order chi connectivity index (χ1) is 16.1. The van der Waals surface area contributed by atoms with Crippen LogP contribution in [-0.4, -0.2) is 18.4 Å². The Morgan fingerprint density at radius 2 is 1.91 bits per heavy atom. The number of hydrogen-bond acceptors (Lipinski definition) is 5. The Hall–Kier alpha value is -2.86. The lowest BCUT2D eigenvalue weighted by Crippen LogP contribution is -2.18. The highest BCUT2D eigenvalue weighted by atomic mass is 35.5. The molecule has 1 saturated carbocycles. The van der Waals surface area contributed by atoms with E-state index in [1.165, 1.54) is 25.5 Å². The van der Waals surface area contributed by atoms with E-state index in [1.54, 1.807) is 12.1 Å². The van der Waals surface area contributed by atoms with Crippen LogP contribution >= 0.6 is 12.4 Å². The van der Waals surface area contributed by atoms with Gasteiger partial charge in [0.05, 0.1) is 6.21 Å². The summed E-state index contributed by atoms with van der Waals surface area (Å²) in [6.45, 7) is 7.71. The Balaban J connectivity index is 0.00000353. The number of allylic oxidation sites excluding steroid dienone is 5. The second-order valence-electron chi connectivity index (χ2n) is 7.95. The minimum Gasteiger partial charge on any atom is -0.398 e. The summed E-state index contributed by atoms with van der Waals surface area (Å²) in [6, 6.07) is 3.32. The molecule has 5 N–H and O–H groups in total. The number of carbonyl (C=O) groups excluding carboxylic acids is 2. The van der Waals surface area contributed by atoms with Gasteiger partial charge in [-0.25, -0.2) is 0 Å². The molecule has 0 spiro atoms. The van der Waals surface area contributed by atoms with Gasteiger partial charge in [0.15, 0.2) is 6.29 Å². The average Bonchev–Trinajstić information content (AvgIpc) is 2.82. The van der Waals surface area contributed by atoms with Gasteiger partial charge in [0, 0.05) is 34.5 Å². The molecule has 1 aromatic rings. The van der Waals surface area contributed by atoms with Gasteiger partial charge in [-0.15, -0.1) is 19.0 Å². The first-order valence-corrected chi connectivity index (χ1v) is 12.0. The molecule has 1 amide bonds. The van der Waals surface area contributed by atoms with Crippen LogP contribution in [0.25, 0.3) is 5.57 Å². The van der Waals surface area contributed by atoms with E-state index in [4.69, 9.17) is 11.6 Å². The van der Waals surface area contributed by atoms with Gasteiger partial charge < -0.3 is 16.9 Å². The number of nitrogens with two attached hydrogens (primary N) is 2. The quantitative estimate of drug-likeness (QED) is 0.0471. The number of hydrazone groups is 1. The number of nitrogens with one attached hydrogen (secondary N) is 1. The van der Waals surface area contributed by atoms with Crippen molar-refractivity contribution < 1.29 is 9.59 Å². The summed E-state index contributed by atoms with van der Waals surface area (Å²) in [5.41, 5.74) is 8.72. The molecule has 0 aliphatic heterocycles. The molecule has 0 radical (unpaired) electrons. The minimum atomic E-state index is -0.0438. The monoisotopic (exact) mass is 488 g/mol. The van der Waals surface area contributed by atoms with Crippen LogP contribution in [0.5, 0.6) is 0 Å². The average molecular weight is 489 g/mol. The zero-order valence-electron chi connectivity index (χ0n) is 20.6. The van der Waals surface area contributed by atoms with Crippen molar-refractivity contribution in [1.29, 1.82) is 0 Å². The Morgan fingerprint density at radius 3 is 2.53 bits per heavy atom. The number of rotatable bonds is 11. The summed E-state index contributed by atoms with van der Waals surface area (Å²) in [5, 5.41) is 6.51. The standard InChI is InChI=1S/C25H34N4O2.C2H6.ClH/c1-2-3-4-5-6-10-13-20(17-28-27)25-21(18-30)15-22(16-23(25)26)29-24(31)14-19-11-8-7-9-12-19;1-2;/h2,6,10,13,15-19H,1,3-5,7-9,11-12,14,26-27H2,(H,29,31);1-2H3;1H/b10-6+,20-13+,28-17-;;. The van der Waals surface area contributed by atoms with Crippen LogP contribution in [-0.2, 0) is 4.79 Å². The van der Waals surface area contributed by atoms with Crippen molar-refractivity contribution in [1.82, 2.24) is 0 Å². The van der Waals surface area contributed by atoms with Crippen molar-refractivity contribution in [3.8, 4) is 0 Å². The second-order valence-corrected chi connectivity index (χ2v) is 7.95. The summed E-state index contributed by atoms with van der Waals surface area (Å²) in [5.74, 6) is 5.76. The number of amides is 1. The van der Waals surface area contributed by atoms with E-state index < -0.39 is 0 Å². The number of hydrogen-bond donors (Lipinski definition) is 3. The van der Waals surface area contributed by atoms with E-state index in [-0.39, 0.29) is 18.3 Å². The SMILES string of the molecule is C=CCCC/C=C/C=C(\C=N/N)c1c(N)cc(NC(=O)CC2CCCCC2)cc1C=O.CC.Cl. The number of nitrogen functional groups attached to an aromatic ring is 1. The Labute approximate surface area is 211 Å². The van der Waals surface area contributed by atoms with Crippen molar-refractivity contribution in [2.24, 2.45) is 16.9 Å². The predicted octanol–water partition coefficient (Wildman–Crippen LogP) is 6.68. The zero-order chi connectivity index (χ0) is 24.5. The third kappa shape index (κ3) is 10.8. The van der Waals surface area contributed by atoms with Crippen LogP contribution in [0, 0.1) is 5.92 Å². The lowest BCUT2D eigenvalue weighted by atomic mass is 9.87. The molecule has 0 heterocycles.